The number of rotatable bonds is 6. The van der Waals surface area contributed by atoms with Gasteiger partial charge in [-0.2, -0.15) is 0 Å². The van der Waals surface area contributed by atoms with Crippen LogP contribution in [0.5, 0.6) is 0 Å². The van der Waals surface area contributed by atoms with E-state index in [1.807, 2.05) is 31.4 Å². The number of sulfonamides is 1. The zero-order valence-corrected chi connectivity index (χ0v) is 13.9. The van der Waals surface area contributed by atoms with Crippen LogP contribution in [0.4, 0.5) is 11.4 Å². The molecule has 1 atom stereocenters. The quantitative estimate of drug-likeness (QED) is 0.854. The molecule has 1 aromatic heterocycles. The summed E-state index contributed by atoms with van der Waals surface area (Å²) in [5, 5.41) is 6.43. The molecule has 5 nitrogen and oxygen atoms in total. The summed E-state index contributed by atoms with van der Waals surface area (Å²) in [6.45, 7) is 5.63. The molecule has 7 heteroatoms. The van der Waals surface area contributed by atoms with E-state index in [-0.39, 0.29) is 11.8 Å². The molecule has 0 spiro atoms. The lowest BCUT2D eigenvalue weighted by molar-refractivity contribution is 0.602. The van der Waals surface area contributed by atoms with E-state index in [2.05, 4.69) is 15.0 Å². The SMILES string of the molecule is CCS(=O)(=O)Nc1ccc(NC(C)c2csc(C)n2)cc1. The van der Waals surface area contributed by atoms with Crippen LogP contribution in [0.1, 0.15) is 30.6 Å². The first-order valence-corrected chi connectivity index (χ1v) is 9.22. The highest BCUT2D eigenvalue weighted by molar-refractivity contribution is 7.92. The summed E-state index contributed by atoms with van der Waals surface area (Å²) in [5.74, 6) is 0.0627. The van der Waals surface area contributed by atoms with E-state index >= 15 is 0 Å². The van der Waals surface area contributed by atoms with Gasteiger partial charge in [0.1, 0.15) is 0 Å². The summed E-state index contributed by atoms with van der Waals surface area (Å²) in [6.07, 6.45) is 0. The van der Waals surface area contributed by atoms with Gasteiger partial charge in [0.05, 0.1) is 22.5 Å². The minimum atomic E-state index is -3.23. The van der Waals surface area contributed by atoms with Crippen molar-refractivity contribution in [1.29, 1.82) is 0 Å². The first kappa shape index (κ1) is 15.8. The number of aromatic nitrogens is 1. The number of aryl methyl sites for hydroxylation is 1. The summed E-state index contributed by atoms with van der Waals surface area (Å²) in [7, 11) is -3.23. The smallest absolute Gasteiger partial charge is 0.232 e. The third kappa shape index (κ3) is 4.44. The van der Waals surface area contributed by atoms with Crippen LogP contribution in [0.15, 0.2) is 29.6 Å². The molecule has 0 amide bonds. The van der Waals surface area contributed by atoms with Crippen molar-refractivity contribution in [1.82, 2.24) is 4.98 Å². The number of nitrogens with zero attached hydrogens (tertiary/aromatic N) is 1. The molecule has 0 fully saturated rings. The minimum Gasteiger partial charge on any atom is -0.377 e. The van der Waals surface area contributed by atoms with Gasteiger partial charge in [-0.15, -0.1) is 11.3 Å². The van der Waals surface area contributed by atoms with Crippen molar-refractivity contribution in [2.75, 3.05) is 15.8 Å². The molecule has 1 unspecified atom stereocenters. The molecule has 0 saturated heterocycles. The zero-order chi connectivity index (χ0) is 15.5. The molecule has 114 valence electrons. The van der Waals surface area contributed by atoms with Gasteiger partial charge in [-0.05, 0) is 45.0 Å². The highest BCUT2D eigenvalue weighted by atomic mass is 32.2. The number of benzene rings is 1. The molecule has 0 aliphatic rings. The zero-order valence-electron chi connectivity index (χ0n) is 12.3. The van der Waals surface area contributed by atoms with Crippen LogP contribution in [0.3, 0.4) is 0 Å². The van der Waals surface area contributed by atoms with E-state index in [0.29, 0.717) is 5.69 Å². The molecule has 0 aliphatic heterocycles. The molecular formula is C14H19N3O2S2. The first-order chi connectivity index (χ1) is 9.89. The van der Waals surface area contributed by atoms with Gasteiger partial charge >= 0.3 is 0 Å². The van der Waals surface area contributed by atoms with Gasteiger partial charge in [0, 0.05) is 16.8 Å². The second-order valence-corrected chi connectivity index (χ2v) is 7.81. The van der Waals surface area contributed by atoms with Crippen molar-refractivity contribution in [3.63, 3.8) is 0 Å². The van der Waals surface area contributed by atoms with E-state index in [9.17, 15) is 8.42 Å². The minimum absolute atomic E-state index is 0.0627. The van der Waals surface area contributed by atoms with Crippen LogP contribution in [0.25, 0.3) is 0 Å². The Morgan fingerprint density at radius 2 is 1.86 bits per heavy atom. The average molecular weight is 325 g/mol. The second-order valence-electron chi connectivity index (χ2n) is 4.74. The predicted octanol–water partition coefficient (Wildman–Crippen LogP) is 3.39. The van der Waals surface area contributed by atoms with Gasteiger partial charge in [-0.3, -0.25) is 4.72 Å². The van der Waals surface area contributed by atoms with Crippen molar-refractivity contribution < 1.29 is 8.42 Å². The Kier molecular flexibility index (Phi) is 4.84. The Balaban J connectivity index is 2.02. The standard InChI is InChI=1S/C14H19N3O2S2/c1-4-21(18,19)17-13-7-5-12(6-8-13)15-10(2)14-9-20-11(3)16-14/h5-10,15,17H,4H2,1-3H3. The molecular weight excluding hydrogens is 306 g/mol. The van der Waals surface area contributed by atoms with Gasteiger partial charge in [0.2, 0.25) is 10.0 Å². The van der Waals surface area contributed by atoms with E-state index in [0.717, 1.165) is 16.4 Å². The van der Waals surface area contributed by atoms with E-state index < -0.39 is 10.0 Å². The third-order valence-corrected chi connectivity index (χ3v) is 5.10. The number of anilines is 2. The van der Waals surface area contributed by atoms with Crippen molar-refractivity contribution in [3.05, 3.63) is 40.3 Å². The Bertz CT molecular complexity index is 693. The van der Waals surface area contributed by atoms with Gasteiger partial charge in [0.15, 0.2) is 0 Å². The first-order valence-electron chi connectivity index (χ1n) is 6.69. The second kappa shape index (κ2) is 6.44. The third-order valence-electron chi connectivity index (χ3n) is 3.00. The molecule has 1 aromatic carbocycles. The summed E-state index contributed by atoms with van der Waals surface area (Å²) in [6, 6.07) is 7.29. The summed E-state index contributed by atoms with van der Waals surface area (Å²) >= 11 is 1.63. The maximum Gasteiger partial charge on any atom is 0.232 e. The molecule has 1 heterocycles. The topological polar surface area (TPSA) is 71.1 Å². The number of thiazole rings is 1. The maximum atomic E-state index is 11.5. The maximum absolute atomic E-state index is 11.5. The van der Waals surface area contributed by atoms with Crippen molar-refractivity contribution in [2.45, 2.75) is 26.8 Å². The predicted molar refractivity (Wildman–Crippen MR) is 88.4 cm³/mol. The summed E-state index contributed by atoms with van der Waals surface area (Å²) in [5.41, 5.74) is 2.50. The van der Waals surface area contributed by atoms with Gasteiger partial charge in [-0.25, -0.2) is 13.4 Å². The Labute approximate surface area is 129 Å². The van der Waals surface area contributed by atoms with Crippen LogP contribution in [-0.2, 0) is 10.0 Å². The average Bonchev–Trinajstić information content (AvgIpc) is 2.87. The molecule has 2 rings (SSSR count). The fraction of sp³-hybridized carbons (Fsp3) is 0.357. The largest absolute Gasteiger partial charge is 0.377 e. The highest BCUT2D eigenvalue weighted by Gasteiger charge is 2.09. The van der Waals surface area contributed by atoms with Gasteiger partial charge in [0.25, 0.3) is 0 Å². The van der Waals surface area contributed by atoms with Crippen LogP contribution in [0.2, 0.25) is 0 Å². The summed E-state index contributed by atoms with van der Waals surface area (Å²) in [4.78, 5) is 4.45. The Morgan fingerprint density at radius 1 is 1.24 bits per heavy atom. The van der Waals surface area contributed by atoms with Crippen LogP contribution in [-0.4, -0.2) is 19.2 Å². The fourth-order valence-corrected chi connectivity index (χ4v) is 3.13. The van der Waals surface area contributed by atoms with Crippen molar-refractivity contribution >= 4 is 32.7 Å². The van der Waals surface area contributed by atoms with Crippen LogP contribution >= 0.6 is 11.3 Å². The molecule has 2 aromatic rings. The van der Waals surface area contributed by atoms with Gasteiger partial charge < -0.3 is 5.32 Å². The van der Waals surface area contributed by atoms with E-state index in [1.54, 1.807) is 30.4 Å². The van der Waals surface area contributed by atoms with E-state index in [1.165, 1.54) is 0 Å². The fourth-order valence-electron chi connectivity index (χ4n) is 1.79. The molecule has 0 aliphatic carbocycles. The lowest BCUT2D eigenvalue weighted by Gasteiger charge is -2.14. The molecule has 2 N–H and O–H groups in total. The normalized spacial score (nSPS) is 12.9. The molecule has 0 radical (unpaired) electrons. The molecule has 0 saturated carbocycles. The Morgan fingerprint density at radius 3 is 2.38 bits per heavy atom. The number of hydrogen-bond acceptors (Lipinski definition) is 5. The molecule has 0 bridgehead atoms. The highest BCUT2D eigenvalue weighted by Crippen LogP contribution is 2.22. The van der Waals surface area contributed by atoms with Crippen molar-refractivity contribution in [3.8, 4) is 0 Å². The monoisotopic (exact) mass is 325 g/mol. The number of nitrogens with one attached hydrogen (secondary N) is 2. The van der Waals surface area contributed by atoms with E-state index in [4.69, 9.17) is 0 Å². The van der Waals surface area contributed by atoms with Crippen molar-refractivity contribution in [2.24, 2.45) is 0 Å². The Hall–Kier alpha value is -1.60. The number of hydrogen-bond donors (Lipinski definition) is 2. The lowest BCUT2D eigenvalue weighted by atomic mass is 10.2. The van der Waals surface area contributed by atoms with Crippen LogP contribution in [0, 0.1) is 6.92 Å². The lowest BCUT2D eigenvalue weighted by Crippen LogP contribution is -2.14. The molecule has 21 heavy (non-hydrogen) atoms. The van der Waals surface area contributed by atoms with Gasteiger partial charge in [-0.1, -0.05) is 0 Å². The summed E-state index contributed by atoms with van der Waals surface area (Å²) < 4.78 is 25.5. The van der Waals surface area contributed by atoms with Crippen LogP contribution < -0.4 is 10.0 Å².